The van der Waals surface area contributed by atoms with E-state index in [4.69, 9.17) is 11.6 Å². The average Bonchev–Trinajstić information content (AvgIpc) is 2.36. The number of aromatic hydroxyl groups is 1. The number of aryl methyl sites for hydroxylation is 1. The van der Waals surface area contributed by atoms with Crippen LogP contribution in [0.15, 0.2) is 36.4 Å². The summed E-state index contributed by atoms with van der Waals surface area (Å²) in [6.45, 7) is 1.95. The summed E-state index contributed by atoms with van der Waals surface area (Å²) < 4.78 is 0.910. The van der Waals surface area contributed by atoms with E-state index in [1.165, 1.54) is 12.1 Å². The van der Waals surface area contributed by atoms with Gasteiger partial charge >= 0.3 is 0 Å². The Morgan fingerprint density at radius 1 is 1.32 bits per heavy atom. The minimum atomic E-state index is -0.222. The van der Waals surface area contributed by atoms with Crippen LogP contribution < -0.4 is 5.32 Å². The number of phenols is 1. The first kappa shape index (κ1) is 14.1. The Kier molecular flexibility index (Phi) is 4.31. The van der Waals surface area contributed by atoms with Crippen molar-refractivity contribution >= 4 is 45.8 Å². The molecule has 0 atom stereocenters. The number of carbonyl (C=O) groups excluding carboxylic acids is 1. The molecule has 98 valence electrons. The summed E-state index contributed by atoms with van der Waals surface area (Å²) in [6.07, 6.45) is 0. The predicted octanol–water partition coefficient (Wildman–Crippen LogP) is 4.21. The van der Waals surface area contributed by atoms with Gasteiger partial charge in [-0.3, -0.25) is 4.79 Å². The van der Waals surface area contributed by atoms with Crippen molar-refractivity contribution in [3.8, 4) is 5.75 Å². The average molecular weight is 388 g/mol. The van der Waals surface area contributed by atoms with Crippen LogP contribution in [-0.4, -0.2) is 11.0 Å². The van der Waals surface area contributed by atoms with Gasteiger partial charge < -0.3 is 10.4 Å². The van der Waals surface area contributed by atoms with Gasteiger partial charge in [0.05, 0.1) is 16.3 Å². The quantitative estimate of drug-likeness (QED) is 0.599. The first-order chi connectivity index (χ1) is 8.99. The Balaban J connectivity index is 2.28. The van der Waals surface area contributed by atoms with Crippen LogP contribution in [0.5, 0.6) is 5.75 Å². The van der Waals surface area contributed by atoms with Gasteiger partial charge in [0.15, 0.2) is 0 Å². The largest absolute Gasteiger partial charge is 0.508 e. The molecule has 2 N–H and O–H groups in total. The molecule has 0 saturated heterocycles. The van der Waals surface area contributed by atoms with Crippen molar-refractivity contribution in [3.05, 3.63) is 56.1 Å². The second kappa shape index (κ2) is 5.79. The lowest BCUT2D eigenvalue weighted by Gasteiger charge is -2.10. The van der Waals surface area contributed by atoms with Gasteiger partial charge in [0, 0.05) is 9.64 Å². The number of halogens is 2. The van der Waals surface area contributed by atoms with Crippen molar-refractivity contribution in [2.24, 2.45) is 0 Å². The number of hydrogen-bond acceptors (Lipinski definition) is 2. The van der Waals surface area contributed by atoms with E-state index < -0.39 is 0 Å². The zero-order chi connectivity index (χ0) is 14.0. The third kappa shape index (κ3) is 3.19. The molecule has 0 aliphatic heterocycles. The molecule has 0 heterocycles. The van der Waals surface area contributed by atoms with Crippen LogP contribution >= 0.6 is 34.2 Å². The molecule has 2 aromatic rings. The molecule has 0 fully saturated rings. The van der Waals surface area contributed by atoms with Crippen molar-refractivity contribution in [1.82, 2.24) is 0 Å². The van der Waals surface area contributed by atoms with Crippen molar-refractivity contribution in [2.75, 3.05) is 5.32 Å². The van der Waals surface area contributed by atoms with Crippen molar-refractivity contribution in [3.63, 3.8) is 0 Å². The van der Waals surface area contributed by atoms with Crippen LogP contribution in [0.1, 0.15) is 15.9 Å². The van der Waals surface area contributed by atoms with Gasteiger partial charge in [-0.1, -0.05) is 23.7 Å². The summed E-state index contributed by atoms with van der Waals surface area (Å²) in [4.78, 5) is 12.2. The molecule has 0 aromatic heterocycles. The molecule has 0 aliphatic rings. The minimum absolute atomic E-state index is 0.0631. The highest BCUT2D eigenvalue weighted by Gasteiger charge is 2.13. The summed E-state index contributed by atoms with van der Waals surface area (Å²) >= 11 is 8.10. The van der Waals surface area contributed by atoms with Gasteiger partial charge in [-0.15, -0.1) is 0 Å². The number of benzene rings is 2. The van der Waals surface area contributed by atoms with Crippen LogP contribution in [0.25, 0.3) is 0 Å². The highest BCUT2D eigenvalue weighted by Crippen LogP contribution is 2.27. The normalized spacial score (nSPS) is 10.3. The zero-order valence-corrected chi connectivity index (χ0v) is 13.0. The predicted molar refractivity (Wildman–Crippen MR) is 85.0 cm³/mol. The van der Waals surface area contributed by atoms with E-state index in [9.17, 15) is 9.90 Å². The number of phenolic OH excluding ortho intramolecular Hbond substituents is 1. The second-order valence-corrected chi connectivity index (χ2v) is 5.54. The standard InChI is InChI=1S/C14H11ClINO2/c1-8-3-2-4-10(13(8)16)14(19)17-12-6-5-9(18)7-11(12)15/h2-7,18H,1H3,(H,17,19). The summed E-state index contributed by atoms with van der Waals surface area (Å²) in [7, 11) is 0. The topological polar surface area (TPSA) is 49.3 Å². The molecule has 5 heteroatoms. The Hall–Kier alpha value is -1.27. The molecular formula is C14H11ClINO2. The van der Waals surface area contributed by atoms with E-state index in [1.807, 2.05) is 19.1 Å². The first-order valence-electron chi connectivity index (χ1n) is 5.54. The van der Waals surface area contributed by atoms with Crippen LogP contribution in [0, 0.1) is 10.5 Å². The monoisotopic (exact) mass is 387 g/mol. The summed E-state index contributed by atoms with van der Waals surface area (Å²) in [6, 6.07) is 9.98. The fourth-order valence-corrected chi connectivity index (χ4v) is 2.44. The maximum absolute atomic E-state index is 12.2. The van der Waals surface area contributed by atoms with Gasteiger partial charge in [0.25, 0.3) is 5.91 Å². The van der Waals surface area contributed by atoms with E-state index in [0.29, 0.717) is 16.3 Å². The maximum Gasteiger partial charge on any atom is 0.256 e. The molecule has 1 amide bonds. The van der Waals surface area contributed by atoms with E-state index in [-0.39, 0.29) is 11.7 Å². The lowest BCUT2D eigenvalue weighted by molar-refractivity contribution is 0.102. The molecule has 0 spiro atoms. The highest BCUT2D eigenvalue weighted by atomic mass is 127. The molecule has 0 saturated carbocycles. The highest BCUT2D eigenvalue weighted by molar-refractivity contribution is 14.1. The minimum Gasteiger partial charge on any atom is -0.508 e. The summed E-state index contributed by atoms with van der Waals surface area (Å²) in [5, 5.41) is 12.3. The van der Waals surface area contributed by atoms with E-state index in [1.54, 1.807) is 12.1 Å². The fraction of sp³-hybridized carbons (Fsp3) is 0.0714. The fourth-order valence-electron chi connectivity index (χ4n) is 1.62. The SMILES string of the molecule is Cc1cccc(C(=O)Nc2ccc(O)cc2Cl)c1I. The number of anilines is 1. The zero-order valence-electron chi connectivity index (χ0n) is 10.1. The third-order valence-electron chi connectivity index (χ3n) is 2.64. The molecule has 0 bridgehead atoms. The third-order valence-corrected chi connectivity index (χ3v) is 4.38. The van der Waals surface area contributed by atoms with Crippen LogP contribution in [0.4, 0.5) is 5.69 Å². The van der Waals surface area contributed by atoms with Crippen molar-refractivity contribution < 1.29 is 9.90 Å². The number of amides is 1. The van der Waals surface area contributed by atoms with Gasteiger partial charge in [0.1, 0.15) is 5.75 Å². The number of hydrogen-bond donors (Lipinski definition) is 2. The molecule has 0 aliphatic carbocycles. The van der Waals surface area contributed by atoms with Gasteiger partial charge in [-0.25, -0.2) is 0 Å². The van der Waals surface area contributed by atoms with E-state index in [0.717, 1.165) is 9.13 Å². The lowest BCUT2D eigenvalue weighted by atomic mass is 10.1. The molecule has 0 radical (unpaired) electrons. The lowest BCUT2D eigenvalue weighted by Crippen LogP contribution is -2.14. The molecule has 0 unspecified atom stereocenters. The Bertz CT molecular complexity index is 643. The van der Waals surface area contributed by atoms with Crippen molar-refractivity contribution in [2.45, 2.75) is 6.92 Å². The maximum atomic E-state index is 12.2. The molecular weight excluding hydrogens is 377 g/mol. The number of nitrogens with one attached hydrogen (secondary N) is 1. The van der Waals surface area contributed by atoms with Crippen LogP contribution in [0.2, 0.25) is 5.02 Å². The summed E-state index contributed by atoms with van der Waals surface area (Å²) in [5.41, 5.74) is 2.12. The Morgan fingerprint density at radius 2 is 2.05 bits per heavy atom. The molecule has 2 aromatic carbocycles. The molecule has 19 heavy (non-hydrogen) atoms. The first-order valence-corrected chi connectivity index (χ1v) is 6.99. The molecule has 2 rings (SSSR count). The Morgan fingerprint density at radius 3 is 2.74 bits per heavy atom. The van der Waals surface area contributed by atoms with Crippen molar-refractivity contribution in [1.29, 1.82) is 0 Å². The van der Waals surface area contributed by atoms with Crippen LogP contribution in [0.3, 0.4) is 0 Å². The van der Waals surface area contributed by atoms with Gasteiger partial charge in [-0.2, -0.15) is 0 Å². The van der Waals surface area contributed by atoms with E-state index in [2.05, 4.69) is 27.9 Å². The number of carbonyl (C=O) groups is 1. The van der Waals surface area contributed by atoms with E-state index >= 15 is 0 Å². The number of rotatable bonds is 2. The van der Waals surface area contributed by atoms with Gasteiger partial charge in [0.2, 0.25) is 0 Å². The van der Waals surface area contributed by atoms with Gasteiger partial charge in [-0.05, 0) is 53.3 Å². The smallest absolute Gasteiger partial charge is 0.256 e. The van der Waals surface area contributed by atoms with Crippen LogP contribution in [-0.2, 0) is 0 Å². The second-order valence-electron chi connectivity index (χ2n) is 4.05. The Labute approximate surface area is 129 Å². The molecule has 3 nitrogen and oxygen atoms in total. The summed E-state index contributed by atoms with van der Waals surface area (Å²) in [5.74, 6) is -0.158.